The average molecular weight is 134 g/mol. The first-order valence-corrected chi connectivity index (χ1v) is 3.44. The molecule has 0 aromatic heterocycles. The molecule has 0 unspecified atom stereocenters. The number of hydrogen-bond acceptors (Lipinski definition) is 1. The fourth-order valence-corrected chi connectivity index (χ4v) is 0.643. The van der Waals surface area contributed by atoms with E-state index in [4.69, 9.17) is 4.74 Å². The van der Waals surface area contributed by atoms with Crippen LogP contribution in [0.25, 0.3) is 0 Å². The molecule has 1 nitrogen and oxygen atoms in total. The van der Waals surface area contributed by atoms with E-state index < -0.39 is 0 Å². The van der Waals surface area contributed by atoms with E-state index in [2.05, 4.69) is 19.1 Å². The van der Waals surface area contributed by atoms with Crippen LogP contribution in [0.15, 0.2) is 18.2 Å². The Hall–Kier alpha value is -0.980. The molecule has 0 aliphatic rings. The fourth-order valence-electron chi connectivity index (χ4n) is 0.643. The van der Waals surface area contributed by atoms with Crippen LogP contribution in [0.3, 0.4) is 0 Å². The van der Waals surface area contributed by atoms with Crippen molar-refractivity contribution in [2.24, 2.45) is 0 Å². The van der Waals surface area contributed by atoms with Gasteiger partial charge in [-0.05, 0) is 30.7 Å². The summed E-state index contributed by atoms with van der Waals surface area (Å²) in [5, 5.41) is 0. The maximum absolute atomic E-state index is 5.30. The second-order valence-electron chi connectivity index (χ2n) is 2.02. The van der Waals surface area contributed by atoms with Gasteiger partial charge in [-0.3, -0.25) is 0 Å². The topological polar surface area (TPSA) is 9.23 Å². The number of rotatable bonds is 3. The van der Waals surface area contributed by atoms with Crippen LogP contribution in [0.2, 0.25) is 0 Å². The summed E-state index contributed by atoms with van der Waals surface area (Å²) in [5.41, 5.74) is 0. The minimum absolute atomic E-state index is 0.776. The zero-order valence-electron chi connectivity index (χ0n) is 6.05. The third-order valence-electron chi connectivity index (χ3n) is 1.10. The van der Waals surface area contributed by atoms with Crippen LogP contribution < -0.4 is 4.74 Å². The summed E-state index contributed by atoms with van der Waals surface area (Å²) in [6.07, 6.45) is 1.04. The fraction of sp³-hybridized carbons (Fsp3) is 0.333. The molecule has 1 heteroatoms. The van der Waals surface area contributed by atoms with Gasteiger partial charge in [-0.2, -0.15) is 0 Å². The van der Waals surface area contributed by atoms with Gasteiger partial charge in [0.25, 0.3) is 0 Å². The molecule has 0 amide bonds. The third kappa shape index (κ3) is 2.09. The molecule has 52 valence electrons. The van der Waals surface area contributed by atoms with Crippen molar-refractivity contribution in [3.63, 3.8) is 0 Å². The van der Waals surface area contributed by atoms with Gasteiger partial charge >= 0.3 is 0 Å². The number of hydrogen-bond donors (Lipinski definition) is 0. The van der Waals surface area contributed by atoms with Crippen molar-refractivity contribution >= 4 is 0 Å². The van der Waals surface area contributed by atoms with E-state index in [1.54, 1.807) is 12.1 Å². The molecule has 0 atom stereocenters. The minimum atomic E-state index is 0.776. The van der Waals surface area contributed by atoms with Gasteiger partial charge < -0.3 is 4.74 Å². The zero-order chi connectivity index (χ0) is 7.23. The van der Waals surface area contributed by atoms with Gasteiger partial charge in [-0.15, -0.1) is 0 Å². The molecule has 0 spiro atoms. The summed E-state index contributed by atoms with van der Waals surface area (Å²) in [6, 6.07) is 11.1. The Morgan fingerprint density at radius 2 is 2.40 bits per heavy atom. The van der Waals surface area contributed by atoms with Crippen molar-refractivity contribution < 1.29 is 4.74 Å². The Bertz CT molecular complexity index is 169. The van der Waals surface area contributed by atoms with Gasteiger partial charge in [0.15, 0.2) is 0 Å². The molecule has 0 heterocycles. The van der Waals surface area contributed by atoms with Crippen molar-refractivity contribution in [1.82, 2.24) is 0 Å². The summed E-state index contributed by atoms with van der Waals surface area (Å²) < 4.78 is 5.30. The quantitative estimate of drug-likeness (QED) is 0.615. The molecular formula is C9H10O. The lowest BCUT2D eigenvalue weighted by molar-refractivity contribution is 0.317. The molecule has 0 aliphatic carbocycles. The second kappa shape index (κ2) is 3.94. The van der Waals surface area contributed by atoms with E-state index in [1.165, 1.54) is 0 Å². The van der Waals surface area contributed by atoms with E-state index in [0.29, 0.717) is 0 Å². The summed E-state index contributed by atoms with van der Waals surface area (Å²) in [4.78, 5) is 0. The normalized spacial score (nSPS) is 9.30. The summed E-state index contributed by atoms with van der Waals surface area (Å²) in [6.45, 7) is 2.86. The standard InChI is InChI=1S/C9H10O/c1-2-8-10-9-6-4-3-5-7-9/h4,6-7H,2,8H2,1H3. The highest BCUT2D eigenvalue weighted by atomic mass is 16.5. The molecule has 1 rings (SSSR count). The molecule has 1 aromatic rings. The van der Waals surface area contributed by atoms with Crippen molar-refractivity contribution in [3.05, 3.63) is 30.3 Å². The predicted octanol–water partition coefficient (Wildman–Crippen LogP) is 2.08. The Morgan fingerprint density at radius 3 is 3.00 bits per heavy atom. The number of benzene rings is 1. The minimum Gasteiger partial charge on any atom is -0.494 e. The van der Waals surface area contributed by atoms with Gasteiger partial charge in [0.1, 0.15) is 5.75 Å². The molecule has 0 aliphatic heterocycles. The lowest BCUT2D eigenvalue weighted by Gasteiger charge is -2.01. The van der Waals surface area contributed by atoms with Crippen LogP contribution in [0.5, 0.6) is 5.75 Å². The average Bonchev–Trinajstić information content (AvgIpc) is 2.03. The maximum Gasteiger partial charge on any atom is 0.119 e. The van der Waals surface area contributed by atoms with Crippen molar-refractivity contribution in [2.45, 2.75) is 13.3 Å². The Morgan fingerprint density at radius 1 is 1.50 bits per heavy atom. The van der Waals surface area contributed by atoms with E-state index in [1.807, 2.05) is 6.07 Å². The van der Waals surface area contributed by atoms with E-state index >= 15 is 0 Å². The van der Waals surface area contributed by atoms with Crippen LogP contribution >= 0.6 is 0 Å². The molecular weight excluding hydrogens is 124 g/mol. The van der Waals surface area contributed by atoms with Crippen LogP contribution in [0.1, 0.15) is 13.3 Å². The SMILES string of the molecule is CCCOc1c[c][c]cc1. The van der Waals surface area contributed by atoms with Crippen LogP contribution in [-0.2, 0) is 0 Å². The first-order chi connectivity index (χ1) is 4.93. The van der Waals surface area contributed by atoms with Crippen molar-refractivity contribution in [1.29, 1.82) is 0 Å². The summed E-state index contributed by atoms with van der Waals surface area (Å²) in [5.74, 6) is 0.876. The summed E-state index contributed by atoms with van der Waals surface area (Å²) in [7, 11) is 0. The number of ether oxygens (including phenoxy) is 1. The Kier molecular flexibility index (Phi) is 2.81. The van der Waals surface area contributed by atoms with Crippen LogP contribution in [0, 0.1) is 12.1 Å². The largest absolute Gasteiger partial charge is 0.494 e. The lowest BCUT2D eigenvalue weighted by atomic mass is 10.3. The molecule has 2 radical (unpaired) electrons. The predicted molar refractivity (Wildman–Crippen MR) is 39.9 cm³/mol. The van der Waals surface area contributed by atoms with Crippen molar-refractivity contribution in [3.8, 4) is 5.75 Å². The molecule has 0 saturated carbocycles. The molecule has 0 fully saturated rings. The van der Waals surface area contributed by atoms with Gasteiger partial charge in [-0.25, -0.2) is 0 Å². The van der Waals surface area contributed by atoms with Gasteiger partial charge in [-0.1, -0.05) is 13.0 Å². The first-order valence-electron chi connectivity index (χ1n) is 3.44. The molecule has 0 bridgehead atoms. The van der Waals surface area contributed by atoms with E-state index in [9.17, 15) is 0 Å². The first kappa shape index (κ1) is 7.13. The highest BCUT2D eigenvalue weighted by Gasteiger charge is 1.87. The summed E-state index contributed by atoms with van der Waals surface area (Å²) >= 11 is 0. The molecule has 10 heavy (non-hydrogen) atoms. The molecule has 0 N–H and O–H groups in total. The second-order valence-corrected chi connectivity index (χ2v) is 2.02. The molecule has 0 saturated heterocycles. The third-order valence-corrected chi connectivity index (χ3v) is 1.10. The van der Waals surface area contributed by atoms with Gasteiger partial charge in [0.2, 0.25) is 0 Å². The maximum atomic E-state index is 5.30. The smallest absolute Gasteiger partial charge is 0.119 e. The van der Waals surface area contributed by atoms with Crippen LogP contribution in [-0.4, -0.2) is 6.61 Å². The highest BCUT2D eigenvalue weighted by Crippen LogP contribution is 2.06. The lowest BCUT2D eigenvalue weighted by Crippen LogP contribution is -1.93. The van der Waals surface area contributed by atoms with Gasteiger partial charge in [0.05, 0.1) is 6.61 Å². The van der Waals surface area contributed by atoms with E-state index in [-0.39, 0.29) is 0 Å². The van der Waals surface area contributed by atoms with Crippen molar-refractivity contribution in [2.75, 3.05) is 6.61 Å². The zero-order valence-corrected chi connectivity index (χ0v) is 6.05. The Labute approximate surface area is 61.6 Å². The Balaban J connectivity index is 2.43. The highest BCUT2D eigenvalue weighted by molar-refractivity contribution is 5.19. The monoisotopic (exact) mass is 134 g/mol. The van der Waals surface area contributed by atoms with Crippen LogP contribution in [0.4, 0.5) is 0 Å². The van der Waals surface area contributed by atoms with Gasteiger partial charge in [0, 0.05) is 0 Å². The van der Waals surface area contributed by atoms with E-state index in [0.717, 1.165) is 18.8 Å². The molecule has 1 aromatic carbocycles.